The number of hydrogen-bond donors (Lipinski definition) is 1. The first-order valence-corrected chi connectivity index (χ1v) is 7.99. The fourth-order valence-electron chi connectivity index (χ4n) is 1.71. The van der Waals surface area contributed by atoms with E-state index in [1.807, 2.05) is 4.72 Å². The van der Waals surface area contributed by atoms with Crippen LogP contribution in [0.15, 0.2) is 47.4 Å². The molecule has 0 fully saturated rings. The van der Waals surface area contributed by atoms with Crippen LogP contribution >= 0.6 is 23.2 Å². The molecular weight excluding hydrogens is 362 g/mol. The zero-order valence-electron chi connectivity index (χ0n) is 10.7. The molecule has 0 saturated heterocycles. The Kier molecular flexibility index (Phi) is 4.60. The Hall–Kier alpha value is -1.44. The molecule has 9 heteroatoms. The molecule has 0 radical (unpaired) electrons. The smallest absolute Gasteiger partial charge is 0.278 e. The van der Waals surface area contributed by atoms with Crippen LogP contribution in [0.4, 0.5) is 18.9 Å². The molecule has 0 saturated carbocycles. The number of hydrogen-bond acceptors (Lipinski definition) is 2. The predicted molar refractivity (Wildman–Crippen MR) is 78.7 cm³/mol. The van der Waals surface area contributed by atoms with Crippen LogP contribution in [0.25, 0.3) is 0 Å². The predicted octanol–water partition coefficient (Wildman–Crippen LogP) is 4.81. The highest BCUT2D eigenvalue weighted by Gasteiger charge is 2.37. The van der Waals surface area contributed by atoms with Crippen LogP contribution in [0.3, 0.4) is 0 Å². The molecule has 0 aromatic heterocycles. The van der Waals surface area contributed by atoms with E-state index in [1.54, 1.807) is 0 Å². The Morgan fingerprint density at radius 2 is 1.64 bits per heavy atom. The summed E-state index contributed by atoms with van der Waals surface area (Å²) in [6.45, 7) is 0. The first-order chi connectivity index (χ1) is 10.1. The van der Waals surface area contributed by atoms with Crippen LogP contribution in [0.2, 0.25) is 10.0 Å². The van der Waals surface area contributed by atoms with Crippen LogP contribution < -0.4 is 4.72 Å². The molecule has 0 unspecified atom stereocenters. The number of nitrogens with one attached hydrogen (secondary N) is 1. The Bertz CT molecular complexity index is 807. The van der Waals surface area contributed by atoms with Crippen molar-refractivity contribution in [1.29, 1.82) is 0 Å². The molecule has 2 aromatic rings. The molecule has 2 aromatic carbocycles. The topological polar surface area (TPSA) is 46.2 Å². The number of benzene rings is 2. The number of halogens is 5. The van der Waals surface area contributed by atoms with Gasteiger partial charge in [0, 0.05) is 5.02 Å². The lowest BCUT2D eigenvalue weighted by Crippen LogP contribution is -2.19. The van der Waals surface area contributed by atoms with Crippen molar-refractivity contribution in [3.63, 3.8) is 0 Å². The number of anilines is 1. The molecule has 0 aliphatic rings. The minimum atomic E-state index is -4.80. The maximum Gasteiger partial charge on any atom is 0.417 e. The van der Waals surface area contributed by atoms with Crippen molar-refractivity contribution >= 4 is 38.9 Å². The van der Waals surface area contributed by atoms with E-state index in [9.17, 15) is 21.6 Å². The summed E-state index contributed by atoms with van der Waals surface area (Å²) in [5.41, 5.74) is -1.37. The molecular formula is C13H8Cl2F3NO2S. The van der Waals surface area contributed by atoms with E-state index in [4.69, 9.17) is 23.2 Å². The van der Waals surface area contributed by atoms with Crippen LogP contribution in [-0.4, -0.2) is 8.42 Å². The lowest BCUT2D eigenvalue weighted by molar-refractivity contribution is -0.139. The lowest BCUT2D eigenvalue weighted by atomic mass is 10.2. The van der Waals surface area contributed by atoms with E-state index in [0.717, 1.165) is 12.1 Å². The van der Waals surface area contributed by atoms with Crippen molar-refractivity contribution in [2.45, 2.75) is 11.1 Å². The Morgan fingerprint density at radius 1 is 1.00 bits per heavy atom. The number of alkyl halides is 3. The molecule has 0 aliphatic heterocycles. The third-order valence-corrected chi connectivity index (χ3v) is 4.64. The second kappa shape index (κ2) is 5.98. The number of sulfonamides is 1. The minimum Gasteiger partial charge on any atom is -0.278 e. The fourth-order valence-corrected chi connectivity index (χ4v) is 3.40. The van der Waals surface area contributed by atoms with E-state index >= 15 is 0 Å². The van der Waals surface area contributed by atoms with E-state index in [-0.39, 0.29) is 15.7 Å². The molecule has 0 bridgehead atoms. The molecule has 22 heavy (non-hydrogen) atoms. The summed E-state index contributed by atoms with van der Waals surface area (Å²) in [7, 11) is -4.48. The van der Waals surface area contributed by atoms with E-state index in [1.165, 1.54) is 24.3 Å². The summed E-state index contributed by atoms with van der Waals surface area (Å²) in [4.78, 5) is -0.890. The van der Waals surface area contributed by atoms with Gasteiger partial charge in [-0.2, -0.15) is 13.2 Å². The van der Waals surface area contributed by atoms with Crippen LogP contribution in [-0.2, 0) is 16.2 Å². The van der Waals surface area contributed by atoms with Gasteiger partial charge in [-0.15, -0.1) is 0 Å². The van der Waals surface area contributed by atoms with E-state index in [0.29, 0.717) is 6.07 Å². The van der Waals surface area contributed by atoms with Gasteiger partial charge in [-0.1, -0.05) is 35.3 Å². The van der Waals surface area contributed by atoms with Gasteiger partial charge in [0.1, 0.15) is 0 Å². The van der Waals surface area contributed by atoms with Crippen molar-refractivity contribution < 1.29 is 21.6 Å². The van der Waals surface area contributed by atoms with Crippen LogP contribution in [0, 0.1) is 0 Å². The average Bonchev–Trinajstić information content (AvgIpc) is 2.42. The minimum absolute atomic E-state index is 0.0115. The monoisotopic (exact) mass is 369 g/mol. The van der Waals surface area contributed by atoms with Crippen molar-refractivity contribution in [3.05, 3.63) is 58.1 Å². The molecule has 0 amide bonds. The molecule has 0 heterocycles. The highest BCUT2D eigenvalue weighted by atomic mass is 35.5. The third-order valence-electron chi connectivity index (χ3n) is 2.65. The first-order valence-electron chi connectivity index (χ1n) is 5.75. The second-order valence-electron chi connectivity index (χ2n) is 4.22. The van der Waals surface area contributed by atoms with Gasteiger partial charge in [0.15, 0.2) is 0 Å². The van der Waals surface area contributed by atoms with E-state index in [2.05, 4.69) is 0 Å². The zero-order chi connectivity index (χ0) is 16.5. The van der Waals surface area contributed by atoms with Crippen LogP contribution in [0.1, 0.15) is 5.56 Å². The summed E-state index contributed by atoms with van der Waals surface area (Å²) < 4.78 is 65.2. The Morgan fingerprint density at radius 3 is 2.27 bits per heavy atom. The highest BCUT2D eigenvalue weighted by molar-refractivity contribution is 7.92. The largest absolute Gasteiger partial charge is 0.417 e. The molecule has 1 N–H and O–H groups in total. The van der Waals surface area contributed by atoms with Gasteiger partial charge < -0.3 is 0 Å². The Balaban J connectivity index is 2.51. The summed E-state index contributed by atoms with van der Waals surface area (Å²) in [5, 5.41) is 0.198. The standard InChI is InChI=1S/C13H8Cl2F3NO2S/c14-8-5-6-10(15)11(7-8)19-22(20,21)12-4-2-1-3-9(12)13(16,17)18/h1-7,19H. The maximum absolute atomic E-state index is 12.9. The van der Waals surface area contributed by atoms with Gasteiger partial charge in [-0.3, -0.25) is 4.72 Å². The van der Waals surface area contributed by atoms with Gasteiger partial charge in [-0.05, 0) is 30.3 Å². The molecule has 3 nitrogen and oxygen atoms in total. The lowest BCUT2D eigenvalue weighted by Gasteiger charge is -2.15. The van der Waals surface area contributed by atoms with Crippen LogP contribution in [0.5, 0.6) is 0 Å². The molecule has 0 spiro atoms. The van der Waals surface area contributed by atoms with Gasteiger partial charge >= 0.3 is 6.18 Å². The van der Waals surface area contributed by atoms with Gasteiger partial charge in [0.25, 0.3) is 10.0 Å². The zero-order valence-corrected chi connectivity index (χ0v) is 13.0. The molecule has 0 aliphatic carbocycles. The maximum atomic E-state index is 12.9. The van der Waals surface area contributed by atoms with Gasteiger partial charge in [0.2, 0.25) is 0 Å². The normalized spacial score (nSPS) is 12.2. The molecule has 118 valence electrons. The Labute approximate surface area is 134 Å². The first kappa shape index (κ1) is 16.9. The summed E-state index contributed by atoms with van der Waals surface area (Å²) in [6, 6.07) is 7.82. The molecule has 0 atom stereocenters. The summed E-state index contributed by atoms with van der Waals surface area (Å²) >= 11 is 11.5. The van der Waals surface area contributed by atoms with E-state index < -0.39 is 26.7 Å². The second-order valence-corrected chi connectivity index (χ2v) is 6.72. The van der Waals surface area contributed by atoms with Crippen molar-refractivity contribution in [2.24, 2.45) is 0 Å². The van der Waals surface area contributed by atoms with Crippen molar-refractivity contribution in [3.8, 4) is 0 Å². The average molecular weight is 370 g/mol. The molecule has 2 rings (SSSR count). The SMILES string of the molecule is O=S(=O)(Nc1cc(Cl)ccc1Cl)c1ccccc1C(F)(F)F. The highest BCUT2D eigenvalue weighted by Crippen LogP contribution is 2.35. The summed E-state index contributed by atoms with van der Waals surface area (Å²) in [5.74, 6) is 0. The third kappa shape index (κ3) is 3.66. The quantitative estimate of drug-likeness (QED) is 0.843. The van der Waals surface area contributed by atoms with Crippen molar-refractivity contribution in [2.75, 3.05) is 4.72 Å². The van der Waals surface area contributed by atoms with Gasteiger partial charge in [0.05, 0.1) is 21.2 Å². The summed E-state index contributed by atoms with van der Waals surface area (Å²) in [6.07, 6.45) is -4.80. The van der Waals surface area contributed by atoms with Crippen molar-refractivity contribution in [1.82, 2.24) is 0 Å². The fraction of sp³-hybridized carbons (Fsp3) is 0.0769. The number of rotatable bonds is 3. The van der Waals surface area contributed by atoms with Gasteiger partial charge in [-0.25, -0.2) is 8.42 Å².